The minimum absolute atomic E-state index is 0. The zero-order chi connectivity index (χ0) is 16.9. The van der Waals surface area contributed by atoms with Crippen molar-refractivity contribution in [2.75, 3.05) is 19.6 Å². The third-order valence-corrected chi connectivity index (χ3v) is 5.63. The van der Waals surface area contributed by atoms with Crippen LogP contribution in [0.1, 0.15) is 38.7 Å². The number of halogens is 1. The van der Waals surface area contributed by atoms with Gasteiger partial charge < -0.3 is 10.6 Å². The lowest BCUT2D eigenvalue weighted by atomic mass is 9.91. The average molecular weight is 366 g/mol. The molecule has 0 radical (unpaired) electrons. The molecule has 4 nitrogen and oxygen atoms in total. The molecule has 1 aromatic rings. The second-order valence-corrected chi connectivity index (χ2v) is 7.64. The number of nitrogens with one attached hydrogen (secondary N) is 2. The molecular formula is C20H32ClN3O. The van der Waals surface area contributed by atoms with E-state index in [1.807, 2.05) is 0 Å². The van der Waals surface area contributed by atoms with E-state index in [0.29, 0.717) is 12.0 Å². The first kappa shape index (κ1) is 20.2. The highest BCUT2D eigenvalue weighted by Crippen LogP contribution is 2.23. The van der Waals surface area contributed by atoms with Gasteiger partial charge in [0.2, 0.25) is 5.91 Å². The summed E-state index contributed by atoms with van der Waals surface area (Å²) in [7, 11) is 0. The van der Waals surface area contributed by atoms with Crippen molar-refractivity contribution in [2.24, 2.45) is 11.8 Å². The van der Waals surface area contributed by atoms with Gasteiger partial charge in [-0.25, -0.2) is 0 Å². The lowest BCUT2D eigenvalue weighted by molar-refractivity contribution is -0.127. The van der Waals surface area contributed by atoms with Crippen LogP contribution < -0.4 is 10.6 Å². The van der Waals surface area contributed by atoms with E-state index in [4.69, 9.17) is 0 Å². The standard InChI is InChI=1S/C20H31N3O.ClH/c1-15-12-18(8-10-21-15)20(24)22-16(2)19-9-11-23(14-19)13-17-6-4-3-5-7-17;/h3-7,15-16,18-19,21H,8-14H2,1-2H3,(H,22,24);1H/t15-,16?,18-,19?;/m0./s1. The Morgan fingerprint density at radius 2 is 2.08 bits per heavy atom. The highest BCUT2D eigenvalue weighted by atomic mass is 35.5. The molecule has 2 heterocycles. The number of carbonyl (C=O) groups excluding carboxylic acids is 1. The number of hydrogen-bond donors (Lipinski definition) is 2. The first-order chi connectivity index (χ1) is 11.6. The molecule has 0 spiro atoms. The van der Waals surface area contributed by atoms with Crippen molar-refractivity contribution in [1.82, 2.24) is 15.5 Å². The highest BCUT2D eigenvalue weighted by molar-refractivity contribution is 5.85. The molecule has 0 bridgehead atoms. The van der Waals surface area contributed by atoms with Crippen LogP contribution in [0.15, 0.2) is 30.3 Å². The second kappa shape index (κ2) is 9.56. The third-order valence-electron chi connectivity index (χ3n) is 5.63. The third kappa shape index (κ3) is 5.70. The van der Waals surface area contributed by atoms with Crippen LogP contribution in [0.4, 0.5) is 0 Å². The molecule has 0 aliphatic carbocycles. The summed E-state index contributed by atoms with van der Waals surface area (Å²) in [5, 5.41) is 6.72. The quantitative estimate of drug-likeness (QED) is 0.843. The van der Waals surface area contributed by atoms with Gasteiger partial charge in [0.25, 0.3) is 0 Å². The molecule has 2 N–H and O–H groups in total. The SMILES string of the molecule is CC(NC(=O)[C@H]1CCN[C@@H](C)C1)C1CCN(Cc2ccccc2)C1.Cl. The van der Waals surface area contributed by atoms with Gasteiger partial charge in [-0.15, -0.1) is 12.4 Å². The average Bonchev–Trinajstić information content (AvgIpc) is 3.04. The first-order valence-electron chi connectivity index (χ1n) is 9.42. The van der Waals surface area contributed by atoms with E-state index in [-0.39, 0.29) is 30.3 Å². The summed E-state index contributed by atoms with van der Waals surface area (Å²) in [6.45, 7) is 8.54. The summed E-state index contributed by atoms with van der Waals surface area (Å²) in [6, 6.07) is 11.4. The van der Waals surface area contributed by atoms with Crippen molar-refractivity contribution >= 4 is 18.3 Å². The summed E-state index contributed by atoms with van der Waals surface area (Å²) in [5.74, 6) is 1.01. The van der Waals surface area contributed by atoms with Gasteiger partial charge in [-0.05, 0) is 57.7 Å². The number of nitrogens with zero attached hydrogens (tertiary/aromatic N) is 1. The largest absolute Gasteiger partial charge is 0.353 e. The lowest BCUT2D eigenvalue weighted by Gasteiger charge is -2.29. The number of rotatable bonds is 5. The minimum atomic E-state index is 0. The van der Waals surface area contributed by atoms with Crippen LogP contribution in [-0.2, 0) is 11.3 Å². The Morgan fingerprint density at radius 1 is 1.32 bits per heavy atom. The summed E-state index contributed by atoms with van der Waals surface area (Å²) >= 11 is 0. The molecule has 5 heteroatoms. The Morgan fingerprint density at radius 3 is 2.80 bits per heavy atom. The monoisotopic (exact) mass is 365 g/mol. The number of piperidine rings is 1. The molecule has 2 fully saturated rings. The molecule has 3 rings (SSSR count). The number of hydrogen-bond acceptors (Lipinski definition) is 3. The van der Waals surface area contributed by atoms with Crippen molar-refractivity contribution in [3.63, 3.8) is 0 Å². The van der Waals surface area contributed by atoms with Crippen molar-refractivity contribution in [3.8, 4) is 0 Å². The van der Waals surface area contributed by atoms with Crippen molar-refractivity contribution < 1.29 is 4.79 Å². The van der Waals surface area contributed by atoms with E-state index in [1.54, 1.807) is 0 Å². The molecule has 2 saturated heterocycles. The summed E-state index contributed by atoms with van der Waals surface area (Å²) < 4.78 is 0. The first-order valence-corrected chi connectivity index (χ1v) is 9.42. The van der Waals surface area contributed by atoms with E-state index in [2.05, 4.69) is 59.7 Å². The molecule has 140 valence electrons. The van der Waals surface area contributed by atoms with E-state index < -0.39 is 0 Å². The van der Waals surface area contributed by atoms with Crippen molar-refractivity contribution in [2.45, 2.75) is 51.7 Å². The molecule has 25 heavy (non-hydrogen) atoms. The maximum Gasteiger partial charge on any atom is 0.223 e. The van der Waals surface area contributed by atoms with E-state index in [9.17, 15) is 4.79 Å². The molecule has 2 aliphatic heterocycles. The molecule has 2 unspecified atom stereocenters. The molecule has 1 amide bonds. The Balaban J connectivity index is 0.00000225. The number of benzene rings is 1. The van der Waals surface area contributed by atoms with Crippen LogP contribution >= 0.6 is 12.4 Å². The van der Waals surface area contributed by atoms with Crippen LogP contribution in [0.2, 0.25) is 0 Å². The zero-order valence-corrected chi connectivity index (χ0v) is 16.2. The predicted molar refractivity (Wildman–Crippen MR) is 105 cm³/mol. The molecule has 0 saturated carbocycles. The van der Waals surface area contributed by atoms with Crippen molar-refractivity contribution in [3.05, 3.63) is 35.9 Å². The Bertz CT molecular complexity index is 539. The van der Waals surface area contributed by atoms with Gasteiger partial charge in [0.1, 0.15) is 0 Å². The van der Waals surface area contributed by atoms with Gasteiger partial charge in [0.15, 0.2) is 0 Å². The second-order valence-electron chi connectivity index (χ2n) is 7.64. The number of amides is 1. The van der Waals surface area contributed by atoms with E-state index >= 15 is 0 Å². The van der Waals surface area contributed by atoms with Crippen molar-refractivity contribution in [1.29, 1.82) is 0 Å². The van der Waals surface area contributed by atoms with Gasteiger partial charge in [0, 0.05) is 31.1 Å². The number of likely N-dealkylation sites (tertiary alicyclic amines) is 1. The molecule has 2 aliphatic rings. The topological polar surface area (TPSA) is 44.4 Å². The fourth-order valence-corrected chi connectivity index (χ4v) is 4.09. The predicted octanol–water partition coefficient (Wildman–Crippen LogP) is 2.82. The van der Waals surface area contributed by atoms with Crippen LogP contribution in [0, 0.1) is 11.8 Å². The maximum atomic E-state index is 12.5. The molecule has 1 aromatic carbocycles. The van der Waals surface area contributed by atoms with Crippen LogP contribution in [0.25, 0.3) is 0 Å². The van der Waals surface area contributed by atoms with Gasteiger partial charge in [0.05, 0.1) is 0 Å². The van der Waals surface area contributed by atoms with Gasteiger partial charge in [-0.1, -0.05) is 30.3 Å². The van der Waals surface area contributed by atoms with Gasteiger partial charge in [-0.2, -0.15) is 0 Å². The normalized spacial score (nSPS) is 28.2. The Kier molecular flexibility index (Phi) is 7.73. The maximum absolute atomic E-state index is 12.5. The lowest BCUT2D eigenvalue weighted by Crippen LogP contribution is -2.46. The zero-order valence-electron chi connectivity index (χ0n) is 15.4. The number of carbonyl (C=O) groups is 1. The van der Waals surface area contributed by atoms with Gasteiger partial charge in [-0.3, -0.25) is 9.69 Å². The van der Waals surface area contributed by atoms with Crippen LogP contribution in [-0.4, -0.2) is 42.5 Å². The minimum Gasteiger partial charge on any atom is -0.353 e. The van der Waals surface area contributed by atoms with Crippen LogP contribution in [0.3, 0.4) is 0 Å². The fraction of sp³-hybridized carbons (Fsp3) is 0.650. The van der Waals surface area contributed by atoms with E-state index in [1.165, 1.54) is 12.0 Å². The Labute approximate surface area is 158 Å². The molecule has 4 atom stereocenters. The van der Waals surface area contributed by atoms with Crippen LogP contribution in [0.5, 0.6) is 0 Å². The smallest absolute Gasteiger partial charge is 0.223 e. The summed E-state index contributed by atoms with van der Waals surface area (Å²) in [6.07, 6.45) is 3.11. The van der Waals surface area contributed by atoms with Gasteiger partial charge >= 0.3 is 0 Å². The molecule has 0 aromatic heterocycles. The summed E-state index contributed by atoms with van der Waals surface area (Å²) in [4.78, 5) is 15.0. The Hall–Kier alpha value is -1.10. The fourth-order valence-electron chi connectivity index (χ4n) is 4.09. The molecular weight excluding hydrogens is 334 g/mol. The van der Waals surface area contributed by atoms with E-state index in [0.717, 1.165) is 39.0 Å². The summed E-state index contributed by atoms with van der Waals surface area (Å²) in [5.41, 5.74) is 1.37. The highest BCUT2D eigenvalue weighted by Gasteiger charge is 2.30.